The van der Waals surface area contributed by atoms with Gasteiger partial charge in [-0.15, -0.1) is 0 Å². The molecule has 1 aliphatic carbocycles. The summed E-state index contributed by atoms with van der Waals surface area (Å²) in [4.78, 5) is 12.0. The monoisotopic (exact) mass is 308 g/mol. The number of nitrogens with one attached hydrogen (secondary N) is 1. The number of nitrogens with two attached hydrogens (primary N) is 1. The second kappa shape index (κ2) is 6.41. The quantitative estimate of drug-likeness (QED) is 0.814. The number of hydrogen-bond acceptors (Lipinski definition) is 3. The van der Waals surface area contributed by atoms with E-state index in [1.165, 1.54) is 12.1 Å². The number of allylic oxidation sites excluding steroid dienone is 2. The van der Waals surface area contributed by atoms with Crippen molar-refractivity contribution in [3.05, 3.63) is 42.0 Å². The Labute approximate surface area is 125 Å². The van der Waals surface area contributed by atoms with Crippen LogP contribution < -0.4 is 10.5 Å². The summed E-state index contributed by atoms with van der Waals surface area (Å²) in [5.41, 5.74) is 0.719. The second-order valence-electron chi connectivity index (χ2n) is 5.38. The molecule has 0 unspecified atom stereocenters. The van der Waals surface area contributed by atoms with E-state index in [1.54, 1.807) is 12.1 Å². The molecular formula is C15H20N2O3S. The Hall–Kier alpha value is -1.66. The van der Waals surface area contributed by atoms with E-state index in [4.69, 9.17) is 5.14 Å². The predicted molar refractivity (Wildman–Crippen MR) is 80.9 cm³/mol. The summed E-state index contributed by atoms with van der Waals surface area (Å²) in [5, 5.41) is 8.01. The van der Waals surface area contributed by atoms with E-state index in [0.29, 0.717) is 12.3 Å². The van der Waals surface area contributed by atoms with Crippen LogP contribution in [-0.2, 0) is 14.8 Å². The Morgan fingerprint density at radius 1 is 1.48 bits per heavy atom. The van der Waals surface area contributed by atoms with Gasteiger partial charge in [0, 0.05) is 6.42 Å². The molecule has 0 radical (unpaired) electrons. The molecule has 1 amide bonds. The van der Waals surface area contributed by atoms with Crippen molar-refractivity contribution in [1.29, 1.82) is 0 Å². The lowest BCUT2D eigenvalue weighted by atomic mass is 10.0. The number of carbonyl (C=O) groups is 1. The molecule has 1 aromatic carbocycles. The van der Waals surface area contributed by atoms with Crippen molar-refractivity contribution in [3.8, 4) is 0 Å². The number of hydrogen-bond donors (Lipinski definition) is 2. The average molecular weight is 308 g/mol. The normalized spacial score (nSPS) is 19.4. The molecule has 5 nitrogen and oxygen atoms in total. The summed E-state index contributed by atoms with van der Waals surface area (Å²) >= 11 is 0. The van der Waals surface area contributed by atoms with Crippen LogP contribution in [0.15, 0.2) is 41.3 Å². The molecule has 0 spiro atoms. The SMILES string of the molecule is C[C@H](NC(=O)C[C@@H]1C=CCC1)c1cccc(S(N)(=O)=O)c1. The molecule has 0 bridgehead atoms. The van der Waals surface area contributed by atoms with Gasteiger partial charge in [0.05, 0.1) is 10.9 Å². The van der Waals surface area contributed by atoms with Gasteiger partial charge >= 0.3 is 0 Å². The zero-order chi connectivity index (χ0) is 15.5. The number of primary sulfonamides is 1. The Kier molecular flexibility index (Phi) is 4.80. The van der Waals surface area contributed by atoms with Crippen molar-refractivity contribution in [2.45, 2.75) is 37.1 Å². The molecule has 1 aliphatic rings. The van der Waals surface area contributed by atoms with E-state index >= 15 is 0 Å². The number of carbonyl (C=O) groups excluding carboxylic acids is 1. The number of benzene rings is 1. The number of rotatable bonds is 5. The Bertz CT molecular complexity index is 653. The third kappa shape index (κ3) is 4.41. The highest BCUT2D eigenvalue weighted by atomic mass is 32.2. The Morgan fingerprint density at radius 2 is 2.24 bits per heavy atom. The summed E-state index contributed by atoms with van der Waals surface area (Å²) in [6.45, 7) is 1.82. The van der Waals surface area contributed by atoms with Gasteiger partial charge in [0.1, 0.15) is 0 Å². The topological polar surface area (TPSA) is 89.3 Å². The molecule has 0 heterocycles. The molecule has 21 heavy (non-hydrogen) atoms. The van der Waals surface area contributed by atoms with Crippen LogP contribution in [0, 0.1) is 5.92 Å². The highest BCUT2D eigenvalue weighted by molar-refractivity contribution is 7.89. The molecule has 114 valence electrons. The summed E-state index contributed by atoms with van der Waals surface area (Å²) < 4.78 is 22.7. The summed E-state index contributed by atoms with van der Waals surface area (Å²) in [6.07, 6.45) is 6.69. The lowest BCUT2D eigenvalue weighted by Gasteiger charge is -2.16. The fourth-order valence-corrected chi connectivity index (χ4v) is 3.02. The summed E-state index contributed by atoms with van der Waals surface area (Å²) in [6, 6.07) is 6.07. The average Bonchev–Trinajstić information content (AvgIpc) is 2.90. The van der Waals surface area contributed by atoms with Crippen LogP contribution in [0.4, 0.5) is 0 Å². The minimum absolute atomic E-state index is 0.0277. The van der Waals surface area contributed by atoms with Gasteiger partial charge in [-0.2, -0.15) is 0 Å². The molecule has 0 saturated heterocycles. The first-order chi connectivity index (χ1) is 9.86. The van der Waals surface area contributed by atoms with Crippen molar-refractivity contribution in [2.24, 2.45) is 11.1 Å². The van der Waals surface area contributed by atoms with Gasteiger partial charge in [-0.05, 0) is 43.4 Å². The smallest absolute Gasteiger partial charge is 0.238 e. The Morgan fingerprint density at radius 3 is 2.86 bits per heavy atom. The van der Waals surface area contributed by atoms with Crippen molar-refractivity contribution >= 4 is 15.9 Å². The molecule has 0 saturated carbocycles. The van der Waals surface area contributed by atoms with E-state index in [9.17, 15) is 13.2 Å². The highest BCUT2D eigenvalue weighted by Crippen LogP contribution is 2.21. The van der Waals surface area contributed by atoms with Gasteiger partial charge in [-0.25, -0.2) is 13.6 Å². The maximum Gasteiger partial charge on any atom is 0.238 e. The molecule has 2 atom stereocenters. The molecule has 0 aromatic heterocycles. The molecular weight excluding hydrogens is 288 g/mol. The number of sulfonamides is 1. The van der Waals surface area contributed by atoms with E-state index in [2.05, 4.69) is 17.5 Å². The van der Waals surface area contributed by atoms with E-state index in [0.717, 1.165) is 18.4 Å². The molecule has 0 fully saturated rings. The van der Waals surface area contributed by atoms with Crippen molar-refractivity contribution < 1.29 is 13.2 Å². The van der Waals surface area contributed by atoms with Crippen LogP contribution in [0.3, 0.4) is 0 Å². The van der Waals surface area contributed by atoms with Crippen LogP contribution >= 0.6 is 0 Å². The van der Waals surface area contributed by atoms with Gasteiger partial charge in [0.15, 0.2) is 0 Å². The lowest BCUT2D eigenvalue weighted by molar-refractivity contribution is -0.122. The maximum absolute atomic E-state index is 12.0. The first-order valence-electron chi connectivity index (χ1n) is 6.95. The van der Waals surface area contributed by atoms with Crippen molar-refractivity contribution in [3.63, 3.8) is 0 Å². The first-order valence-corrected chi connectivity index (χ1v) is 8.49. The van der Waals surface area contributed by atoms with Crippen LogP contribution in [-0.4, -0.2) is 14.3 Å². The Balaban J connectivity index is 2.01. The largest absolute Gasteiger partial charge is 0.350 e. The van der Waals surface area contributed by atoms with Crippen LogP contribution in [0.25, 0.3) is 0 Å². The third-order valence-corrected chi connectivity index (χ3v) is 4.54. The second-order valence-corrected chi connectivity index (χ2v) is 6.94. The van der Waals surface area contributed by atoms with Gasteiger partial charge in [0.2, 0.25) is 15.9 Å². The van der Waals surface area contributed by atoms with Crippen LogP contribution in [0.2, 0.25) is 0 Å². The lowest BCUT2D eigenvalue weighted by Crippen LogP contribution is -2.28. The van der Waals surface area contributed by atoms with E-state index < -0.39 is 10.0 Å². The minimum Gasteiger partial charge on any atom is -0.350 e. The zero-order valence-corrected chi connectivity index (χ0v) is 12.8. The predicted octanol–water partition coefficient (Wildman–Crippen LogP) is 1.87. The van der Waals surface area contributed by atoms with Gasteiger partial charge in [-0.3, -0.25) is 4.79 Å². The van der Waals surface area contributed by atoms with Gasteiger partial charge < -0.3 is 5.32 Å². The summed E-state index contributed by atoms with van der Waals surface area (Å²) in [7, 11) is -3.73. The summed E-state index contributed by atoms with van der Waals surface area (Å²) in [5.74, 6) is 0.285. The molecule has 0 aliphatic heterocycles. The first kappa shape index (κ1) is 15.7. The van der Waals surface area contributed by atoms with Gasteiger partial charge in [0.25, 0.3) is 0 Å². The highest BCUT2D eigenvalue weighted by Gasteiger charge is 2.17. The van der Waals surface area contributed by atoms with E-state index in [1.807, 2.05) is 6.92 Å². The molecule has 1 aromatic rings. The molecule has 3 N–H and O–H groups in total. The van der Waals surface area contributed by atoms with Crippen LogP contribution in [0.5, 0.6) is 0 Å². The van der Waals surface area contributed by atoms with Crippen molar-refractivity contribution in [1.82, 2.24) is 5.32 Å². The fraction of sp³-hybridized carbons (Fsp3) is 0.400. The third-order valence-electron chi connectivity index (χ3n) is 3.62. The minimum atomic E-state index is -3.73. The number of amides is 1. The zero-order valence-electron chi connectivity index (χ0n) is 12.0. The molecule has 6 heteroatoms. The van der Waals surface area contributed by atoms with E-state index in [-0.39, 0.29) is 16.8 Å². The molecule has 2 rings (SSSR count). The van der Waals surface area contributed by atoms with Crippen LogP contribution in [0.1, 0.15) is 37.8 Å². The van der Waals surface area contributed by atoms with Gasteiger partial charge in [-0.1, -0.05) is 24.3 Å². The standard InChI is InChI=1S/C15H20N2O3S/c1-11(17-15(18)9-12-5-2-3-6-12)13-7-4-8-14(10-13)21(16,19)20/h2,4-5,7-8,10-12H,3,6,9H2,1H3,(H,17,18)(H2,16,19,20)/t11-,12+/m0/s1. The van der Waals surface area contributed by atoms with Crippen molar-refractivity contribution in [2.75, 3.05) is 0 Å². The fourth-order valence-electron chi connectivity index (χ4n) is 2.45. The maximum atomic E-state index is 12.0.